The first-order valence-electron chi connectivity index (χ1n) is 5.05. The van der Waals surface area contributed by atoms with Crippen LogP contribution >= 0.6 is 12.6 Å². The van der Waals surface area contributed by atoms with Crippen LogP contribution < -0.4 is 4.74 Å². The van der Waals surface area contributed by atoms with Gasteiger partial charge in [0.05, 0.1) is 13.3 Å². The zero-order valence-corrected chi connectivity index (χ0v) is 10.2. The Morgan fingerprint density at radius 2 is 2.12 bits per heavy atom. The van der Waals surface area contributed by atoms with Crippen molar-refractivity contribution in [1.29, 1.82) is 0 Å². The zero-order valence-electron chi connectivity index (χ0n) is 9.34. The van der Waals surface area contributed by atoms with Crippen LogP contribution in [-0.4, -0.2) is 16.9 Å². The van der Waals surface area contributed by atoms with E-state index in [9.17, 15) is 0 Å². The van der Waals surface area contributed by atoms with Gasteiger partial charge in [-0.3, -0.25) is 0 Å². The maximum atomic E-state index is 5.32. The molecular weight excluding hydrogens is 220 g/mol. The predicted octanol–water partition coefficient (Wildman–Crippen LogP) is 2.62. The number of benzene rings is 1. The van der Waals surface area contributed by atoms with E-state index in [1.165, 1.54) is 0 Å². The lowest BCUT2D eigenvalue weighted by Gasteiger charge is -2.09. The summed E-state index contributed by atoms with van der Waals surface area (Å²) in [7, 11) is 1.66. The van der Waals surface area contributed by atoms with Gasteiger partial charge in [-0.25, -0.2) is 4.68 Å². The maximum absolute atomic E-state index is 5.32. The summed E-state index contributed by atoms with van der Waals surface area (Å²) in [5, 5.41) is 4.35. The summed E-state index contributed by atoms with van der Waals surface area (Å²) >= 11 is 4.27. The van der Waals surface area contributed by atoms with Gasteiger partial charge in [0.15, 0.2) is 0 Å². The number of ether oxygens (including phenoxy) is 1. The molecule has 0 aliphatic carbocycles. The Labute approximate surface area is 100 Å². The highest BCUT2D eigenvalue weighted by Crippen LogP contribution is 2.24. The average molecular weight is 234 g/mol. The van der Waals surface area contributed by atoms with Gasteiger partial charge in [0.25, 0.3) is 0 Å². The van der Waals surface area contributed by atoms with E-state index in [0.29, 0.717) is 5.75 Å². The molecule has 0 spiro atoms. The molecule has 0 saturated carbocycles. The SMILES string of the molecule is COc1ccccc1-n1ncc(CS)c1C. The van der Waals surface area contributed by atoms with E-state index in [1.54, 1.807) is 7.11 Å². The minimum Gasteiger partial charge on any atom is -0.494 e. The number of para-hydroxylation sites is 2. The first-order valence-corrected chi connectivity index (χ1v) is 5.69. The monoisotopic (exact) mass is 234 g/mol. The lowest BCUT2D eigenvalue weighted by Crippen LogP contribution is -2.01. The fourth-order valence-electron chi connectivity index (χ4n) is 1.65. The first-order chi connectivity index (χ1) is 7.77. The molecule has 1 aromatic carbocycles. The minimum atomic E-state index is 0.695. The van der Waals surface area contributed by atoms with Gasteiger partial charge in [-0.1, -0.05) is 12.1 Å². The predicted molar refractivity (Wildman–Crippen MR) is 67.5 cm³/mol. The van der Waals surface area contributed by atoms with Crippen LogP contribution in [-0.2, 0) is 5.75 Å². The molecule has 2 rings (SSSR count). The van der Waals surface area contributed by atoms with Crippen LogP contribution in [0.25, 0.3) is 5.69 Å². The quantitative estimate of drug-likeness (QED) is 0.826. The van der Waals surface area contributed by atoms with E-state index in [2.05, 4.69) is 17.7 Å². The van der Waals surface area contributed by atoms with Gasteiger partial charge < -0.3 is 4.74 Å². The Kier molecular flexibility index (Phi) is 3.19. The molecule has 0 bridgehead atoms. The fourth-order valence-corrected chi connectivity index (χ4v) is 1.96. The highest BCUT2D eigenvalue weighted by Gasteiger charge is 2.10. The molecule has 0 amide bonds. The molecule has 0 aliphatic heterocycles. The molecular formula is C12H14N2OS. The third-order valence-corrected chi connectivity index (χ3v) is 2.94. The molecule has 0 aliphatic rings. The van der Waals surface area contributed by atoms with E-state index in [-0.39, 0.29) is 0 Å². The topological polar surface area (TPSA) is 27.1 Å². The van der Waals surface area contributed by atoms with E-state index >= 15 is 0 Å². The Balaban J connectivity index is 2.54. The van der Waals surface area contributed by atoms with Crippen LogP contribution in [0.2, 0.25) is 0 Å². The molecule has 84 valence electrons. The van der Waals surface area contributed by atoms with Crippen LogP contribution in [0.3, 0.4) is 0 Å². The fraction of sp³-hybridized carbons (Fsp3) is 0.250. The van der Waals surface area contributed by atoms with Gasteiger partial charge in [-0.05, 0) is 19.1 Å². The Morgan fingerprint density at radius 3 is 2.75 bits per heavy atom. The normalized spacial score (nSPS) is 10.4. The Bertz CT molecular complexity index is 494. The average Bonchev–Trinajstić information content (AvgIpc) is 2.70. The largest absolute Gasteiger partial charge is 0.494 e. The van der Waals surface area contributed by atoms with E-state index in [4.69, 9.17) is 4.74 Å². The molecule has 0 unspecified atom stereocenters. The van der Waals surface area contributed by atoms with Crippen LogP contribution in [0, 0.1) is 6.92 Å². The molecule has 2 aromatic rings. The van der Waals surface area contributed by atoms with E-state index in [0.717, 1.165) is 22.7 Å². The summed E-state index contributed by atoms with van der Waals surface area (Å²) in [4.78, 5) is 0. The van der Waals surface area contributed by atoms with E-state index in [1.807, 2.05) is 42.1 Å². The second kappa shape index (κ2) is 4.61. The summed E-state index contributed by atoms with van der Waals surface area (Å²) in [6.07, 6.45) is 1.84. The number of methoxy groups -OCH3 is 1. The summed E-state index contributed by atoms with van der Waals surface area (Å²) < 4.78 is 7.20. The van der Waals surface area contributed by atoms with Crippen molar-refractivity contribution in [3.05, 3.63) is 41.7 Å². The van der Waals surface area contributed by atoms with Gasteiger partial charge in [0.2, 0.25) is 0 Å². The molecule has 1 heterocycles. The summed E-state index contributed by atoms with van der Waals surface area (Å²) in [6, 6.07) is 7.83. The maximum Gasteiger partial charge on any atom is 0.144 e. The molecule has 1 aromatic heterocycles. The minimum absolute atomic E-state index is 0.695. The molecule has 0 N–H and O–H groups in total. The van der Waals surface area contributed by atoms with Crippen LogP contribution in [0.4, 0.5) is 0 Å². The van der Waals surface area contributed by atoms with Crippen molar-refractivity contribution in [2.45, 2.75) is 12.7 Å². The molecule has 0 fully saturated rings. The van der Waals surface area contributed by atoms with Crippen LogP contribution in [0.15, 0.2) is 30.5 Å². The smallest absolute Gasteiger partial charge is 0.144 e. The standard InChI is InChI=1S/C12H14N2OS/c1-9-10(8-16)7-13-14(9)11-5-3-4-6-12(11)15-2/h3-7,16H,8H2,1-2H3. The number of rotatable bonds is 3. The van der Waals surface area contributed by atoms with E-state index < -0.39 is 0 Å². The summed E-state index contributed by atoms with van der Waals surface area (Å²) in [5.41, 5.74) is 3.18. The van der Waals surface area contributed by atoms with Crippen molar-refractivity contribution in [2.75, 3.05) is 7.11 Å². The van der Waals surface area contributed by atoms with Crippen molar-refractivity contribution < 1.29 is 4.74 Å². The number of hydrogen-bond acceptors (Lipinski definition) is 3. The lowest BCUT2D eigenvalue weighted by atomic mass is 10.2. The van der Waals surface area contributed by atoms with Crippen LogP contribution in [0.1, 0.15) is 11.3 Å². The molecule has 16 heavy (non-hydrogen) atoms. The number of aromatic nitrogens is 2. The van der Waals surface area contributed by atoms with Gasteiger partial charge in [0, 0.05) is 17.0 Å². The molecule has 0 atom stereocenters. The second-order valence-corrected chi connectivity index (χ2v) is 3.81. The van der Waals surface area contributed by atoms with Gasteiger partial charge in [-0.15, -0.1) is 0 Å². The van der Waals surface area contributed by atoms with Crippen molar-refractivity contribution in [2.24, 2.45) is 0 Å². The number of hydrogen-bond donors (Lipinski definition) is 1. The first kappa shape index (κ1) is 11.1. The van der Waals surface area contributed by atoms with Crippen LogP contribution in [0.5, 0.6) is 5.75 Å². The molecule has 4 heteroatoms. The third kappa shape index (κ3) is 1.80. The van der Waals surface area contributed by atoms with Gasteiger partial charge in [-0.2, -0.15) is 17.7 Å². The molecule has 3 nitrogen and oxygen atoms in total. The highest BCUT2D eigenvalue weighted by atomic mass is 32.1. The van der Waals surface area contributed by atoms with Crippen molar-refractivity contribution in [3.63, 3.8) is 0 Å². The Hall–Kier alpha value is -1.42. The third-order valence-electron chi connectivity index (χ3n) is 2.60. The van der Waals surface area contributed by atoms with Gasteiger partial charge in [0.1, 0.15) is 11.4 Å². The van der Waals surface area contributed by atoms with Gasteiger partial charge >= 0.3 is 0 Å². The highest BCUT2D eigenvalue weighted by molar-refractivity contribution is 7.79. The molecule has 0 saturated heterocycles. The number of nitrogens with zero attached hydrogens (tertiary/aromatic N) is 2. The summed E-state index contributed by atoms with van der Waals surface area (Å²) in [5.74, 6) is 1.51. The molecule has 0 radical (unpaired) electrons. The second-order valence-electron chi connectivity index (χ2n) is 3.50. The lowest BCUT2D eigenvalue weighted by molar-refractivity contribution is 0.411. The summed E-state index contributed by atoms with van der Waals surface area (Å²) in [6.45, 7) is 2.03. The van der Waals surface area contributed by atoms with Crippen molar-refractivity contribution >= 4 is 12.6 Å². The Morgan fingerprint density at radius 1 is 1.38 bits per heavy atom. The van der Waals surface area contributed by atoms with Crippen molar-refractivity contribution in [1.82, 2.24) is 9.78 Å². The van der Waals surface area contributed by atoms with Crippen molar-refractivity contribution in [3.8, 4) is 11.4 Å². The zero-order chi connectivity index (χ0) is 11.5. The number of thiol groups is 1.